The maximum Gasteiger partial charge on any atom is 0.163 e. The number of benzene rings is 2. The summed E-state index contributed by atoms with van der Waals surface area (Å²) in [4.78, 5) is 12.3. The van der Waals surface area contributed by atoms with Gasteiger partial charge in [0.2, 0.25) is 0 Å². The summed E-state index contributed by atoms with van der Waals surface area (Å²) in [6.45, 7) is 4.43. The molecule has 0 N–H and O–H groups in total. The molecule has 98 valence electrons. The van der Waals surface area contributed by atoms with Crippen LogP contribution in [0.15, 0.2) is 30.3 Å². The summed E-state index contributed by atoms with van der Waals surface area (Å²) < 4.78 is 5.29. The number of hydrogen-bond donors (Lipinski definition) is 0. The Kier molecular flexibility index (Phi) is 2.63. The predicted molar refractivity (Wildman–Crippen MR) is 77.1 cm³/mol. The topological polar surface area (TPSA) is 26.3 Å². The van der Waals surface area contributed by atoms with Crippen LogP contribution in [0.5, 0.6) is 5.75 Å². The van der Waals surface area contributed by atoms with Gasteiger partial charge in [0.05, 0.1) is 7.11 Å². The van der Waals surface area contributed by atoms with Crippen LogP contribution in [0.4, 0.5) is 0 Å². The van der Waals surface area contributed by atoms with Crippen molar-refractivity contribution in [3.63, 3.8) is 0 Å². The fraction of sp³-hybridized carbons (Fsp3) is 0.353. The summed E-state index contributed by atoms with van der Waals surface area (Å²) in [5.41, 5.74) is 2.14. The van der Waals surface area contributed by atoms with Gasteiger partial charge < -0.3 is 4.74 Å². The average Bonchev–Trinajstić information content (AvgIpc) is 2.41. The van der Waals surface area contributed by atoms with Gasteiger partial charge in [0.25, 0.3) is 0 Å². The highest BCUT2D eigenvalue weighted by Crippen LogP contribution is 2.40. The number of rotatable bonds is 1. The third-order valence-electron chi connectivity index (χ3n) is 4.21. The van der Waals surface area contributed by atoms with Crippen LogP contribution >= 0.6 is 0 Å². The summed E-state index contributed by atoms with van der Waals surface area (Å²) in [5, 5.41) is 2.13. The highest BCUT2D eigenvalue weighted by molar-refractivity contribution is 6.10. The Labute approximate surface area is 113 Å². The molecule has 0 amide bonds. The van der Waals surface area contributed by atoms with Gasteiger partial charge in [-0.1, -0.05) is 32.0 Å². The van der Waals surface area contributed by atoms with E-state index in [1.165, 1.54) is 5.56 Å². The Balaban J connectivity index is 2.37. The van der Waals surface area contributed by atoms with E-state index in [9.17, 15) is 4.79 Å². The van der Waals surface area contributed by atoms with Gasteiger partial charge in [-0.15, -0.1) is 0 Å². The summed E-state index contributed by atoms with van der Waals surface area (Å²) >= 11 is 0. The van der Waals surface area contributed by atoms with Gasteiger partial charge in [-0.2, -0.15) is 0 Å². The van der Waals surface area contributed by atoms with Crippen molar-refractivity contribution in [3.05, 3.63) is 41.5 Å². The minimum Gasteiger partial charge on any atom is -0.497 e. The summed E-state index contributed by atoms with van der Waals surface area (Å²) in [6.07, 6.45) is 1.56. The molecule has 2 aromatic rings. The first-order valence-electron chi connectivity index (χ1n) is 6.67. The van der Waals surface area contributed by atoms with Gasteiger partial charge in [0, 0.05) is 12.0 Å². The molecule has 2 heteroatoms. The standard InChI is InChI=1S/C17H18O2/c1-17(2)9-8-15(18)16-13-10-12(19-3)6-4-11(13)5-7-14(16)17/h4-7,10H,8-9H2,1-3H3. The second-order valence-electron chi connectivity index (χ2n) is 5.88. The Hall–Kier alpha value is -1.83. The van der Waals surface area contributed by atoms with E-state index in [1.807, 2.05) is 18.2 Å². The van der Waals surface area contributed by atoms with Crippen LogP contribution in [-0.4, -0.2) is 12.9 Å². The quantitative estimate of drug-likeness (QED) is 0.765. The van der Waals surface area contributed by atoms with Crippen LogP contribution in [0.2, 0.25) is 0 Å². The molecule has 0 aromatic heterocycles. The molecular formula is C17H18O2. The van der Waals surface area contributed by atoms with E-state index in [2.05, 4.69) is 26.0 Å². The van der Waals surface area contributed by atoms with E-state index in [0.29, 0.717) is 6.42 Å². The van der Waals surface area contributed by atoms with Crippen LogP contribution in [0.3, 0.4) is 0 Å². The lowest BCUT2D eigenvalue weighted by Crippen LogP contribution is -2.27. The lowest BCUT2D eigenvalue weighted by atomic mass is 9.71. The Morgan fingerprint density at radius 2 is 1.89 bits per heavy atom. The molecule has 0 spiro atoms. The van der Waals surface area contributed by atoms with E-state index in [0.717, 1.165) is 28.5 Å². The van der Waals surface area contributed by atoms with Crippen molar-refractivity contribution >= 4 is 16.6 Å². The summed E-state index contributed by atoms with van der Waals surface area (Å²) in [7, 11) is 1.66. The first kappa shape index (κ1) is 12.2. The third-order valence-corrected chi connectivity index (χ3v) is 4.21. The van der Waals surface area contributed by atoms with Crippen molar-refractivity contribution in [2.75, 3.05) is 7.11 Å². The van der Waals surface area contributed by atoms with Gasteiger partial charge in [0.15, 0.2) is 5.78 Å². The van der Waals surface area contributed by atoms with Gasteiger partial charge in [-0.05, 0) is 40.3 Å². The molecule has 0 radical (unpaired) electrons. The van der Waals surface area contributed by atoms with Crippen LogP contribution in [0, 0.1) is 0 Å². The average molecular weight is 254 g/mol. The highest BCUT2D eigenvalue weighted by Gasteiger charge is 2.32. The number of hydrogen-bond acceptors (Lipinski definition) is 2. The maximum absolute atomic E-state index is 12.3. The zero-order valence-electron chi connectivity index (χ0n) is 11.6. The number of methoxy groups -OCH3 is 1. The van der Waals surface area contributed by atoms with Gasteiger partial charge >= 0.3 is 0 Å². The Morgan fingerprint density at radius 3 is 2.63 bits per heavy atom. The van der Waals surface area contributed by atoms with Crippen molar-refractivity contribution in [1.29, 1.82) is 0 Å². The van der Waals surface area contributed by atoms with E-state index in [-0.39, 0.29) is 11.2 Å². The minimum absolute atomic E-state index is 0.0700. The first-order chi connectivity index (χ1) is 9.03. The van der Waals surface area contributed by atoms with Crippen molar-refractivity contribution in [3.8, 4) is 5.75 Å². The van der Waals surface area contributed by atoms with Crippen molar-refractivity contribution < 1.29 is 9.53 Å². The third kappa shape index (κ3) is 1.83. The first-order valence-corrected chi connectivity index (χ1v) is 6.67. The van der Waals surface area contributed by atoms with Crippen molar-refractivity contribution in [2.24, 2.45) is 0 Å². The smallest absolute Gasteiger partial charge is 0.163 e. The Bertz CT molecular complexity index is 668. The molecule has 19 heavy (non-hydrogen) atoms. The van der Waals surface area contributed by atoms with Gasteiger partial charge in [-0.25, -0.2) is 0 Å². The molecule has 1 aliphatic rings. The van der Waals surface area contributed by atoms with Crippen LogP contribution in [-0.2, 0) is 5.41 Å². The molecule has 0 saturated heterocycles. The number of ether oxygens (including phenoxy) is 1. The fourth-order valence-electron chi connectivity index (χ4n) is 2.98. The van der Waals surface area contributed by atoms with Crippen LogP contribution in [0.25, 0.3) is 10.8 Å². The zero-order chi connectivity index (χ0) is 13.6. The van der Waals surface area contributed by atoms with E-state index in [1.54, 1.807) is 7.11 Å². The number of carbonyl (C=O) groups is 1. The zero-order valence-corrected chi connectivity index (χ0v) is 11.6. The molecule has 2 nitrogen and oxygen atoms in total. The lowest BCUT2D eigenvalue weighted by Gasteiger charge is -2.32. The van der Waals surface area contributed by atoms with Crippen LogP contribution < -0.4 is 4.74 Å². The van der Waals surface area contributed by atoms with E-state index >= 15 is 0 Å². The van der Waals surface area contributed by atoms with Crippen LogP contribution in [0.1, 0.15) is 42.6 Å². The molecule has 3 rings (SSSR count). The normalized spacial score (nSPS) is 17.3. The number of Topliss-reactive ketones (excluding diaryl/α,β-unsaturated/α-hetero) is 1. The summed E-state index contributed by atoms with van der Waals surface area (Å²) in [5.74, 6) is 1.06. The molecule has 1 aliphatic carbocycles. The molecule has 0 atom stereocenters. The number of ketones is 1. The van der Waals surface area contributed by atoms with Crippen molar-refractivity contribution in [1.82, 2.24) is 0 Å². The highest BCUT2D eigenvalue weighted by atomic mass is 16.5. The molecule has 0 bridgehead atoms. The molecule has 0 saturated carbocycles. The molecule has 0 heterocycles. The predicted octanol–water partition coefficient (Wildman–Crippen LogP) is 4.10. The monoisotopic (exact) mass is 254 g/mol. The molecule has 0 aliphatic heterocycles. The van der Waals surface area contributed by atoms with Crippen molar-refractivity contribution in [2.45, 2.75) is 32.1 Å². The maximum atomic E-state index is 12.3. The summed E-state index contributed by atoms with van der Waals surface area (Å²) in [6, 6.07) is 10.2. The van der Waals surface area contributed by atoms with E-state index < -0.39 is 0 Å². The van der Waals surface area contributed by atoms with E-state index in [4.69, 9.17) is 4.74 Å². The second kappa shape index (κ2) is 4.09. The fourth-order valence-corrected chi connectivity index (χ4v) is 2.98. The Morgan fingerprint density at radius 1 is 1.16 bits per heavy atom. The SMILES string of the molecule is COc1ccc2ccc3c(c2c1)C(=O)CCC3(C)C. The lowest BCUT2D eigenvalue weighted by molar-refractivity contribution is 0.0959. The second-order valence-corrected chi connectivity index (χ2v) is 5.88. The number of fused-ring (bicyclic) bond motifs is 3. The molecule has 2 aromatic carbocycles. The molecule has 0 unspecified atom stereocenters. The minimum atomic E-state index is 0.0700. The number of carbonyl (C=O) groups excluding carboxylic acids is 1. The van der Waals surface area contributed by atoms with Gasteiger partial charge in [-0.3, -0.25) is 4.79 Å². The largest absolute Gasteiger partial charge is 0.497 e. The molecule has 0 fully saturated rings. The molecular weight excluding hydrogens is 236 g/mol. The van der Waals surface area contributed by atoms with Gasteiger partial charge in [0.1, 0.15) is 5.75 Å².